The van der Waals surface area contributed by atoms with Crippen LogP contribution in [0.4, 0.5) is 0 Å². The van der Waals surface area contributed by atoms with Crippen LogP contribution in [-0.2, 0) is 6.54 Å². The average Bonchev–Trinajstić information content (AvgIpc) is 3.22. The molecule has 0 saturated heterocycles. The molecule has 0 aliphatic rings. The Kier molecular flexibility index (Phi) is 4.43. The lowest BCUT2D eigenvalue weighted by molar-refractivity contribution is 0.0950. The summed E-state index contributed by atoms with van der Waals surface area (Å²) in [5, 5.41) is 8.77. The van der Waals surface area contributed by atoms with Gasteiger partial charge in [0.2, 0.25) is 0 Å². The Bertz CT molecular complexity index is 809. The third-order valence-corrected chi connectivity index (χ3v) is 4.29. The number of carbonyl (C=O) groups excluding carboxylic acids is 1. The predicted octanol–water partition coefficient (Wildman–Crippen LogP) is 3.65. The number of hydrogen-bond acceptors (Lipinski definition) is 5. The van der Waals surface area contributed by atoms with E-state index < -0.39 is 0 Å². The number of hydrogen-bond donors (Lipinski definition) is 1. The summed E-state index contributed by atoms with van der Waals surface area (Å²) in [7, 11) is 1.62. The quantitative estimate of drug-likeness (QED) is 0.776. The molecule has 0 aliphatic carbocycles. The van der Waals surface area contributed by atoms with Crippen LogP contribution < -0.4 is 10.1 Å². The average molecular weight is 328 g/mol. The van der Waals surface area contributed by atoms with Gasteiger partial charge in [-0.1, -0.05) is 23.4 Å². The molecule has 0 aliphatic heterocycles. The van der Waals surface area contributed by atoms with E-state index in [2.05, 4.69) is 10.5 Å². The molecule has 6 heteroatoms. The molecule has 1 amide bonds. The van der Waals surface area contributed by atoms with Crippen molar-refractivity contribution in [1.29, 1.82) is 0 Å². The number of thiophene rings is 1. The van der Waals surface area contributed by atoms with Crippen LogP contribution in [0.25, 0.3) is 10.6 Å². The number of amides is 1. The maximum atomic E-state index is 12.5. The maximum absolute atomic E-state index is 12.5. The van der Waals surface area contributed by atoms with Gasteiger partial charge < -0.3 is 14.6 Å². The Labute approximate surface area is 137 Å². The van der Waals surface area contributed by atoms with Gasteiger partial charge in [0.25, 0.3) is 5.91 Å². The number of aryl methyl sites for hydroxylation is 1. The minimum Gasteiger partial charge on any atom is -0.497 e. The van der Waals surface area contributed by atoms with E-state index in [0.29, 0.717) is 23.6 Å². The zero-order valence-electron chi connectivity index (χ0n) is 12.8. The van der Waals surface area contributed by atoms with Crippen LogP contribution in [0, 0.1) is 6.92 Å². The molecule has 0 unspecified atom stereocenters. The molecule has 2 aromatic heterocycles. The van der Waals surface area contributed by atoms with Crippen LogP contribution in [0.15, 0.2) is 46.3 Å². The Morgan fingerprint density at radius 1 is 1.35 bits per heavy atom. The van der Waals surface area contributed by atoms with Gasteiger partial charge in [0.05, 0.1) is 17.7 Å². The Hall–Kier alpha value is -2.60. The molecular formula is C17H16N2O3S. The van der Waals surface area contributed by atoms with Crippen molar-refractivity contribution < 1.29 is 14.1 Å². The van der Waals surface area contributed by atoms with Gasteiger partial charge in [0, 0.05) is 6.54 Å². The number of aromatic nitrogens is 1. The predicted molar refractivity (Wildman–Crippen MR) is 88.7 cm³/mol. The fourth-order valence-corrected chi connectivity index (χ4v) is 2.97. The van der Waals surface area contributed by atoms with E-state index in [4.69, 9.17) is 9.26 Å². The molecule has 0 fully saturated rings. The molecule has 0 spiro atoms. The molecule has 3 aromatic rings. The van der Waals surface area contributed by atoms with Crippen LogP contribution in [0.5, 0.6) is 5.75 Å². The summed E-state index contributed by atoms with van der Waals surface area (Å²) in [5.74, 6) is 1.08. The van der Waals surface area contributed by atoms with Crippen molar-refractivity contribution in [2.24, 2.45) is 0 Å². The summed E-state index contributed by atoms with van der Waals surface area (Å²) in [6.07, 6.45) is 0. The first-order valence-corrected chi connectivity index (χ1v) is 7.98. The van der Waals surface area contributed by atoms with Crippen molar-refractivity contribution in [1.82, 2.24) is 10.5 Å². The lowest BCUT2D eigenvalue weighted by atomic mass is 10.1. The number of ether oxygens (including phenoxy) is 1. The Balaban J connectivity index is 1.77. The van der Waals surface area contributed by atoms with E-state index in [0.717, 1.165) is 16.2 Å². The Morgan fingerprint density at radius 3 is 2.96 bits per heavy atom. The summed E-state index contributed by atoms with van der Waals surface area (Å²) in [6.45, 7) is 2.17. The SMILES string of the molecule is COc1cccc(CNC(=O)c2c(C)noc2-c2cccs2)c1. The standard InChI is InChI=1S/C17H16N2O3S/c1-11-15(16(22-19-11)14-7-4-8-23-14)17(20)18-10-12-5-3-6-13(9-12)21-2/h3-9H,10H2,1-2H3,(H,18,20). The second-order valence-corrected chi connectivity index (χ2v) is 5.93. The Morgan fingerprint density at radius 2 is 2.22 bits per heavy atom. The van der Waals surface area contributed by atoms with Gasteiger partial charge in [-0.25, -0.2) is 0 Å². The summed E-state index contributed by atoms with van der Waals surface area (Å²) >= 11 is 1.51. The van der Waals surface area contributed by atoms with Crippen LogP contribution in [0.3, 0.4) is 0 Å². The van der Waals surface area contributed by atoms with Gasteiger partial charge in [0.1, 0.15) is 11.3 Å². The van der Waals surface area contributed by atoms with Crippen LogP contribution >= 0.6 is 11.3 Å². The van der Waals surface area contributed by atoms with Crippen molar-refractivity contribution in [3.63, 3.8) is 0 Å². The van der Waals surface area contributed by atoms with Crippen molar-refractivity contribution in [2.45, 2.75) is 13.5 Å². The number of methoxy groups -OCH3 is 1. The first-order valence-electron chi connectivity index (χ1n) is 7.10. The molecule has 2 heterocycles. The van der Waals surface area contributed by atoms with E-state index in [1.54, 1.807) is 14.0 Å². The highest BCUT2D eigenvalue weighted by Crippen LogP contribution is 2.29. The molecular weight excluding hydrogens is 312 g/mol. The number of nitrogens with one attached hydrogen (secondary N) is 1. The highest BCUT2D eigenvalue weighted by molar-refractivity contribution is 7.13. The van der Waals surface area contributed by atoms with Crippen molar-refractivity contribution >= 4 is 17.2 Å². The lowest BCUT2D eigenvalue weighted by Crippen LogP contribution is -2.23. The maximum Gasteiger partial charge on any atom is 0.257 e. The van der Waals surface area contributed by atoms with Crippen molar-refractivity contribution in [2.75, 3.05) is 7.11 Å². The highest BCUT2D eigenvalue weighted by atomic mass is 32.1. The molecule has 23 heavy (non-hydrogen) atoms. The molecule has 0 radical (unpaired) electrons. The molecule has 118 valence electrons. The van der Waals surface area contributed by atoms with Crippen LogP contribution in [-0.4, -0.2) is 18.2 Å². The summed E-state index contributed by atoms with van der Waals surface area (Å²) in [4.78, 5) is 13.4. The first-order chi connectivity index (χ1) is 11.2. The van der Waals surface area contributed by atoms with Crippen molar-refractivity contribution in [3.05, 3.63) is 58.6 Å². The van der Waals surface area contributed by atoms with Gasteiger partial charge in [-0.2, -0.15) is 0 Å². The number of carbonyl (C=O) groups is 1. The molecule has 1 aromatic carbocycles. The zero-order valence-corrected chi connectivity index (χ0v) is 13.6. The summed E-state index contributed by atoms with van der Waals surface area (Å²) < 4.78 is 10.5. The largest absolute Gasteiger partial charge is 0.497 e. The van der Waals surface area contributed by atoms with Gasteiger partial charge >= 0.3 is 0 Å². The molecule has 3 rings (SSSR count). The zero-order chi connectivity index (χ0) is 16.2. The van der Waals surface area contributed by atoms with Gasteiger partial charge in [-0.3, -0.25) is 4.79 Å². The van der Waals surface area contributed by atoms with Gasteiger partial charge in [-0.05, 0) is 36.1 Å². The van der Waals surface area contributed by atoms with Gasteiger partial charge in [0.15, 0.2) is 5.76 Å². The minimum absolute atomic E-state index is 0.199. The normalized spacial score (nSPS) is 10.5. The van der Waals surface area contributed by atoms with E-state index in [1.165, 1.54) is 11.3 Å². The molecule has 0 atom stereocenters. The highest BCUT2D eigenvalue weighted by Gasteiger charge is 2.22. The number of rotatable bonds is 5. The number of benzene rings is 1. The van der Waals surface area contributed by atoms with E-state index in [1.807, 2.05) is 41.8 Å². The smallest absolute Gasteiger partial charge is 0.257 e. The minimum atomic E-state index is -0.199. The molecule has 0 bridgehead atoms. The fourth-order valence-electron chi connectivity index (χ4n) is 2.27. The van der Waals surface area contributed by atoms with Crippen molar-refractivity contribution in [3.8, 4) is 16.4 Å². The topological polar surface area (TPSA) is 64.4 Å². The van der Waals surface area contributed by atoms with E-state index in [-0.39, 0.29) is 5.91 Å². The third-order valence-electron chi connectivity index (χ3n) is 3.42. The van der Waals surface area contributed by atoms with E-state index in [9.17, 15) is 4.79 Å². The van der Waals surface area contributed by atoms with Crippen LogP contribution in [0.1, 0.15) is 21.6 Å². The molecule has 1 N–H and O–H groups in total. The lowest BCUT2D eigenvalue weighted by Gasteiger charge is -2.07. The van der Waals surface area contributed by atoms with Gasteiger partial charge in [-0.15, -0.1) is 11.3 Å². The van der Waals surface area contributed by atoms with Crippen LogP contribution in [0.2, 0.25) is 0 Å². The monoisotopic (exact) mass is 328 g/mol. The van der Waals surface area contributed by atoms with E-state index >= 15 is 0 Å². The first kappa shape index (κ1) is 15.3. The third kappa shape index (κ3) is 3.27. The number of nitrogens with zero attached hydrogens (tertiary/aromatic N) is 1. The molecule has 0 saturated carbocycles. The fraction of sp³-hybridized carbons (Fsp3) is 0.176. The second kappa shape index (κ2) is 6.66. The summed E-state index contributed by atoms with van der Waals surface area (Å²) in [5.41, 5.74) is 2.02. The second-order valence-electron chi connectivity index (χ2n) is 4.98. The summed E-state index contributed by atoms with van der Waals surface area (Å²) in [6, 6.07) is 11.4. The molecule has 5 nitrogen and oxygen atoms in total.